The smallest absolute Gasteiger partial charge is 0.408 e. The normalized spacial score (nSPS) is 11.3. The number of aliphatic carboxylic acids is 1. The van der Waals surface area contributed by atoms with Gasteiger partial charge in [0.25, 0.3) is 5.91 Å². The Morgan fingerprint density at radius 1 is 0.926 bits per heavy atom. The average Bonchev–Trinajstić information content (AvgIpc) is 2.67. The molecule has 0 saturated heterocycles. The van der Waals surface area contributed by atoms with Gasteiger partial charge in [0.1, 0.15) is 12.6 Å². The highest BCUT2D eigenvalue weighted by molar-refractivity contribution is 5.85. The Morgan fingerprint density at radius 3 is 2.11 bits per heavy atom. The van der Waals surface area contributed by atoms with Gasteiger partial charge in [-0.2, -0.15) is 0 Å². The molecule has 2 aromatic carbocycles. The zero-order chi connectivity index (χ0) is 19.5. The summed E-state index contributed by atoms with van der Waals surface area (Å²) in [5.41, 5.74) is 3.64. The maximum Gasteiger partial charge on any atom is 0.408 e. The number of hydrogen-bond donors (Lipinski definition) is 3. The van der Waals surface area contributed by atoms with Crippen molar-refractivity contribution in [1.29, 1.82) is 0 Å². The maximum absolute atomic E-state index is 12.2. The number of hydroxylamine groups is 1. The fourth-order valence-corrected chi connectivity index (χ4v) is 2.21. The molecule has 0 aliphatic carbocycles. The van der Waals surface area contributed by atoms with Crippen LogP contribution in [0.15, 0.2) is 60.7 Å². The van der Waals surface area contributed by atoms with Crippen LogP contribution in [-0.2, 0) is 32.2 Å². The molecular formula is C19H20N2O6. The van der Waals surface area contributed by atoms with Crippen molar-refractivity contribution in [2.45, 2.75) is 19.1 Å². The molecule has 0 aliphatic rings. The van der Waals surface area contributed by atoms with E-state index in [1.807, 2.05) is 29.7 Å². The van der Waals surface area contributed by atoms with Crippen LogP contribution >= 0.6 is 0 Å². The third kappa shape index (κ3) is 7.57. The first-order valence-corrected chi connectivity index (χ1v) is 8.19. The van der Waals surface area contributed by atoms with Gasteiger partial charge in [-0.05, 0) is 11.1 Å². The predicted molar refractivity (Wildman–Crippen MR) is 95.4 cm³/mol. The quantitative estimate of drug-likeness (QED) is 0.577. The Morgan fingerprint density at radius 2 is 1.52 bits per heavy atom. The molecule has 0 aromatic heterocycles. The molecule has 0 aliphatic heterocycles. The lowest BCUT2D eigenvalue weighted by atomic mass is 10.1. The summed E-state index contributed by atoms with van der Waals surface area (Å²) in [6, 6.07) is 17.1. The number of benzene rings is 2. The van der Waals surface area contributed by atoms with E-state index < -0.39 is 30.6 Å². The third-order valence-electron chi connectivity index (χ3n) is 3.47. The van der Waals surface area contributed by atoms with E-state index in [2.05, 4.69) is 10.2 Å². The molecule has 0 bridgehead atoms. The van der Waals surface area contributed by atoms with Crippen LogP contribution in [-0.4, -0.2) is 35.7 Å². The first-order chi connectivity index (χ1) is 13.0. The molecule has 2 rings (SSSR count). The number of rotatable bonds is 9. The van der Waals surface area contributed by atoms with Gasteiger partial charge in [0.15, 0.2) is 6.61 Å². The van der Waals surface area contributed by atoms with E-state index in [-0.39, 0.29) is 13.0 Å². The number of carbonyl (C=O) groups excluding carboxylic acids is 2. The maximum atomic E-state index is 12.2. The van der Waals surface area contributed by atoms with Crippen LogP contribution in [0.5, 0.6) is 0 Å². The van der Waals surface area contributed by atoms with Gasteiger partial charge in [0.05, 0.1) is 0 Å². The number of carbonyl (C=O) groups is 3. The molecule has 142 valence electrons. The van der Waals surface area contributed by atoms with Crippen molar-refractivity contribution in [1.82, 2.24) is 10.8 Å². The van der Waals surface area contributed by atoms with E-state index in [0.29, 0.717) is 0 Å². The minimum atomic E-state index is -1.23. The van der Waals surface area contributed by atoms with Crippen molar-refractivity contribution in [3.63, 3.8) is 0 Å². The Kier molecular flexibility index (Phi) is 7.80. The first kappa shape index (κ1) is 19.9. The summed E-state index contributed by atoms with van der Waals surface area (Å²) < 4.78 is 5.12. The summed E-state index contributed by atoms with van der Waals surface area (Å²) in [4.78, 5) is 39.4. The SMILES string of the molecule is O=C(O)CONC(=O)[C@H](Cc1ccccc1)NC(=O)OCc1ccccc1. The van der Waals surface area contributed by atoms with Crippen LogP contribution in [0.3, 0.4) is 0 Å². The number of hydrogen-bond acceptors (Lipinski definition) is 5. The van der Waals surface area contributed by atoms with Crippen molar-refractivity contribution in [3.05, 3.63) is 71.8 Å². The van der Waals surface area contributed by atoms with Crippen LogP contribution in [0, 0.1) is 0 Å². The van der Waals surface area contributed by atoms with Crippen molar-refractivity contribution < 1.29 is 29.1 Å². The second-order valence-corrected chi connectivity index (χ2v) is 5.60. The molecular weight excluding hydrogens is 352 g/mol. The standard InChI is InChI=1S/C19H20N2O6/c22-17(23)13-27-21-18(24)16(11-14-7-3-1-4-8-14)20-19(25)26-12-15-9-5-2-6-10-15/h1-10,16H,11-13H2,(H,20,25)(H,21,24)(H,22,23)/t16-/m0/s1. The van der Waals surface area contributed by atoms with Gasteiger partial charge in [-0.15, -0.1) is 0 Å². The monoisotopic (exact) mass is 372 g/mol. The Bertz CT molecular complexity index is 751. The molecule has 2 amide bonds. The van der Waals surface area contributed by atoms with E-state index >= 15 is 0 Å². The summed E-state index contributed by atoms with van der Waals surface area (Å²) >= 11 is 0. The molecule has 1 atom stereocenters. The zero-order valence-corrected chi connectivity index (χ0v) is 14.5. The first-order valence-electron chi connectivity index (χ1n) is 8.19. The molecule has 0 saturated carbocycles. The van der Waals surface area contributed by atoms with Gasteiger partial charge in [0, 0.05) is 6.42 Å². The summed E-state index contributed by atoms with van der Waals surface area (Å²) in [5, 5.41) is 11.0. The molecule has 27 heavy (non-hydrogen) atoms. The van der Waals surface area contributed by atoms with E-state index in [1.54, 1.807) is 36.4 Å². The van der Waals surface area contributed by atoms with Gasteiger partial charge >= 0.3 is 12.1 Å². The van der Waals surface area contributed by atoms with Gasteiger partial charge in [-0.3, -0.25) is 9.63 Å². The van der Waals surface area contributed by atoms with Gasteiger partial charge in [-0.25, -0.2) is 15.1 Å². The van der Waals surface area contributed by atoms with Gasteiger partial charge in [0.2, 0.25) is 0 Å². The molecule has 8 nitrogen and oxygen atoms in total. The Hall–Kier alpha value is -3.39. The van der Waals surface area contributed by atoms with Crippen LogP contribution in [0.4, 0.5) is 4.79 Å². The molecule has 0 heterocycles. The molecule has 0 spiro atoms. The van der Waals surface area contributed by atoms with E-state index in [9.17, 15) is 14.4 Å². The third-order valence-corrected chi connectivity index (χ3v) is 3.47. The summed E-state index contributed by atoms with van der Waals surface area (Å²) in [7, 11) is 0. The van der Waals surface area contributed by atoms with Crippen molar-refractivity contribution in [2.75, 3.05) is 6.61 Å². The largest absolute Gasteiger partial charge is 0.479 e. The lowest BCUT2D eigenvalue weighted by molar-refractivity contribution is -0.150. The molecule has 0 unspecified atom stereocenters. The number of nitrogens with one attached hydrogen (secondary N) is 2. The fraction of sp³-hybridized carbons (Fsp3) is 0.211. The molecule has 8 heteroatoms. The zero-order valence-electron chi connectivity index (χ0n) is 14.5. The number of carboxylic acid groups (broad SMARTS) is 1. The summed E-state index contributed by atoms with van der Waals surface area (Å²) in [6.07, 6.45) is -0.586. The van der Waals surface area contributed by atoms with Gasteiger partial charge < -0.3 is 15.2 Å². The van der Waals surface area contributed by atoms with E-state index in [0.717, 1.165) is 11.1 Å². The summed E-state index contributed by atoms with van der Waals surface area (Å²) in [6.45, 7) is -0.635. The van der Waals surface area contributed by atoms with Crippen LogP contribution in [0.1, 0.15) is 11.1 Å². The van der Waals surface area contributed by atoms with E-state index in [1.165, 1.54) is 0 Å². The van der Waals surface area contributed by atoms with E-state index in [4.69, 9.17) is 9.84 Å². The van der Waals surface area contributed by atoms with Crippen molar-refractivity contribution in [2.24, 2.45) is 0 Å². The highest BCUT2D eigenvalue weighted by Crippen LogP contribution is 2.05. The molecule has 0 fully saturated rings. The highest BCUT2D eigenvalue weighted by Gasteiger charge is 2.22. The topological polar surface area (TPSA) is 114 Å². The number of carboxylic acids is 1. The number of amides is 2. The fourth-order valence-electron chi connectivity index (χ4n) is 2.21. The minimum absolute atomic E-state index is 0.0574. The second kappa shape index (κ2) is 10.6. The number of ether oxygens (including phenoxy) is 1. The molecule has 2 aromatic rings. The van der Waals surface area contributed by atoms with Gasteiger partial charge in [-0.1, -0.05) is 60.7 Å². The Labute approximate surface area is 156 Å². The van der Waals surface area contributed by atoms with Crippen LogP contribution in [0.25, 0.3) is 0 Å². The minimum Gasteiger partial charge on any atom is -0.479 e. The van der Waals surface area contributed by atoms with Crippen molar-refractivity contribution >= 4 is 18.0 Å². The van der Waals surface area contributed by atoms with Crippen LogP contribution in [0.2, 0.25) is 0 Å². The lowest BCUT2D eigenvalue weighted by Crippen LogP contribution is -2.48. The Balaban J connectivity index is 1.94. The lowest BCUT2D eigenvalue weighted by Gasteiger charge is -2.18. The van der Waals surface area contributed by atoms with Crippen LogP contribution < -0.4 is 10.8 Å². The summed E-state index contributed by atoms with van der Waals surface area (Å²) in [5.74, 6) is -1.91. The molecule has 0 radical (unpaired) electrons. The predicted octanol–water partition coefficient (Wildman–Crippen LogP) is 1.66. The average molecular weight is 372 g/mol. The highest BCUT2D eigenvalue weighted by atomic mass is 16.7. The molecule has 3 N–H and O–H groups in total. The second-order valence-electron chi connectivity index (χ2n) is 5.60. The van der Waals surface area contributed by atoms with Crippen molar-refractivity contribution in [3.8, 4) is 0 Å². The number of alkyl carbamates (subject to hydrolysis) is 1.